The summed E-state index contributed by atoms with van der Waals surface area (Å²) in [5.74, 6) is -0.151. The van der Waals surface area contributed by atoms with Gasteiger partial charge in [0.05, 0.1) is 10.6 Å². The molecular weight excluding hydrogens is 371 g/mol. The van der Waals surface area contributed by atoms with Crippen molar-refractivity contribution in [2.75, 3.05) is 26.2 Å². The van der Waals surface area contributed by atoms with Gasteiger partial charge in [-0.15, -0.1) is 0 Å². The molecule has 26 heavy (non-hydrogen) atoms. The van der Waals surface area contributed by atoms with Crippen LogP contribution in [0, 0.1) is 6.92 Å². The van der Waals surface area contributed by atoms with Crippen molar-refractivity contribution in [3.63, 3.8) is 0 Å². The van der Waals surface area contributed by atoms with Crippen molar-refractivity contribution in [2.45, 2.75) is 13.3 Å². The Bertz CT molecular complexity index is 821. The molecule has 0 atom stereocenters. The number of carbonyl (C=O) groups is 2. The normalized spacial score (nSPS) is 14.9. The van der Waals surface area contributed by atoms with Gasteiger partial charge in [-0.1, -0.05) is 40.9 Å². The number of aryl methyl sites for hydroxylation is 1. The summed E-state index contributed by atoms with van der Waals surface area (Å²) >= 11 is 12.1. The summed E-state index contributed by atoms with van der Waals surface area (Å²) in [7, 11) is 0. The highest BCUT2D eigenvalue weighted by molar-refractivity contribution is 6.35. The maximum absolute atomic E-state index is 12.8. The summed E-state index contributed by atoms with van der Waals surface area (Å²) < 4.78 is 0. The molecule has 4 nitrogen and oxygen atoms in total. The monoisotopic (exact) mass is 390 g/mol. The van der Waals surface area contributed by atoms with Crippen molar-refractivity contribution in [3.05, 3.63) is 69.2 Å². The van der Waals surface area contributed by atoms with E-state index in [0.717, 1.165) is 12.0 Å². The molecule has 2 aromatic rings. The number of rotatable bonds is 2. The minimum Gasteiger partial charge on any atom is -0.337 e. The Morgan fingerprint density at radius 1 is 0.846 bits per heavy atom. The van der Waals surface area contributed by atoms with Crippen molar-refractivity contribution >= 4 is 35.0 Å². The molecule has 0 spiro atoms. The lowest BCUT2D eigenvalue weighted by Crippen LogP contribution is -2.37. The summed E-state index contributed by atoms with van der Waals surface area (Å²) in [6, 6.07) is 12.4. The Labute approximate surface area is 163 Å². The van der Waals surface area contributed by atoms with E-state index in [1.165, 1.54) is 0 Å². The van der Waals surface area contributed by atoms with Gasteiger partial charge in [0.15, 0.2) is 0 Å². The second-order valence-corrected chi connectivity index (χ2v) is 7.27. The Hall–Kier alpha value is -2.04. The molecule has 136 valence electrons. The van der Waals surface area contributed by atoms with Crippen LogP contribution >= 0.6 is 23.2 Å². The largest absolute Gasteiger partial charge is 0.337 e. The van der Waals surface area contributed by atoms with Crippen LogP contribution < -0.4 is 0 Å². The third-order valence-corrected chi connectivity index (χ3v) is 5.09. The number of halogens is 2. The van der Waals surface area contributed by atoms with Gasteiger partial charge in [-0.3, -0.25) is 9.59 Å². The Morgan fingerprint density at radius 2 is 1.46 bits per heavy atom. The molecular formula is C20H20Cl2N2O2. The summed E-state index contributed by atoms with van der Waals surface area (Å²) in [6.07, 6.45) is 0.724. The third-order valence-electron chi connectivity index (χ3n) is 4.53. The van der Waals surface area contributed by atoms with Crippen LogP contribution in [0.3, 0.4) is 0 Å². The molecule has 1 heterocycles. The zero-order valence-corrected chi connectivity index (χ0v) is 16.1. The molecule has 2 aromatic carbocycles. The molecule has 1 aliphatic heterocycles. The van der Waals surface area contributed by atoms with Crippen LogP contribution in [0.2, 0.25) is 10.0 Å². The summed E-state index contributed by atoms with van der Waals surface area (Å²) in [5, 5.41) is 0.861. The number of hydrogen-bond acceptors (Lipinski definition) is 2. The Kier molecular flexibility index (Phi) is 5.84. The number of benzene rings is 2. The van der Waals surface area contributed by atoms with Crippen LogP contribution in [0.5, 0.6) is 0 Å². The van der Waals surface area contributed by atoms with Gasteiger partial charge in [0.2, 0.25) is 0 Å². The molecule has 0 radical (unpaired) electrons. The van der Waals surface area contributed by atoms with Gasteiger partial charge in [0, 0.05) is 36.8 Å². The fraction of sp³-hybridized carbons (Fsp3) is 0.300. The molecule has 2 amide bonds. The van der Waals surface area contributed by atoms with E-state index in [4.69, 9.17) is 23.2 Å². The fourth-order valence-corrected chi connectivity index (χ4v) is 3.40. The van der Waals surface area contributed by atoms with Crippen molar-refractivity contribution in [3.8, 4) is 0 Å². The van der Waals surface area contributed by atoms with Crippen LogP contribution in [0.1, 0.15) is 32.7 Å². The SMILES string of the molecule is Cc1ccc(C(=O)N2CCCN(C(=O)c3cc(Cl)ccc3Cl)CC2)cc1. The highest BCUT2D eigenvalue weighted by Crippen LogP contribution is 2.23. The molecule has 1 fully saturated rings. The van der Waals surface area contributed by atoms with Gasteiger partial charge in [0.25, 0.3) is 11.8 Å². The van der Waals surface area contributed by atoms with Gasteiger partial charge >= 0.3 is 0 Å². The molecule has 0 aliphatic carbocycles. The zero-order chi connectivity index (χ0) is 18.7. The second-order valence-electron chi connectivity index (χ2n) is 6.43. The smallest absolute Gasteiger partial charge is 0.255 e. The molecule has 0 N–H and O–H groups in total. The van der Waals surface area contributed by atoms with Crippen LogP contribution in [0.25, 0.3) is 0 Å². The van der Waals surface area contributed by atoms with Crippen molar-refractivity contribution in [1.29, 1.82) is 0 Å². The lowest BCUT2D eigenvalue weighted by Gasteiger charge is -2.23. The fourth-order valence-electron chi connectivity index (χ4n) is 3.03. The van der Waals surface area contributed by atoms with E-state index in [1.807, 2.05) is 31.2 Å². The molecule has 0 unspecified atom stereocenters. The van der Waals surface area contributed by atoms with Gasteiger partial charge in [0.1, 0.15) is 0 Å². The number of hydrogen-bond donors (Lipinski definition) is 0. The molecule has 1 saturated heterocycles. The number of nitrogens with zero attached hydrogens (tertiary/aromatic N) is 2. The summed E-state index contributed by atoms with van der Waals surface area (Å²) in [4.78, 5) is 29.0. The van der Waals surface area contributed by atoms with Crippen LogP contribution in [-0.4, -0.2) is 47.8 Å². The topological polar surface area (TPSA) is 40.6 Å². The molecule has 1 aliphatic rings. The van der Waals surface area contributed by atoms with E-state index in [2.05, 4.69) is 0 Å². The lowest BCUT2D eigenvalue weighted by atomic mass is 10.1. The lowest BCUT2D eigenvalue weighted by molar-refractivity contribution is 0.0719. The maximum atomic E-state index is 12.8. The molecule has 3 rings (SSSR count). The van der Waals surface area contributed by atoms with E-state index in [0.29, 0.717) is 47.4 Å². The van der Waals surface area contributed by atoms with Crippen LogP contribution in [0.15, 0.2) is 42.5 Å². The predicted molar refractivity (Wildman–Crippen MR) is 104 cm³/mol. The van der Waals surface area contributed by atoms with E-state index >= 15 is 0 Å². The molecule has 0 bridgehead atoms. The highest BCUT2D eigenvalue weighted by atomic mass is 35.5. The first kappa shape index (κ1) is 18.7. The number of amides is 2. The average Bonchev–Trinajstić information content (AvgIpc) is 2.89. The van der Waals surface area contributed by atoms with Gasteiger partial charge in [-0.2, -0.15) is 0 Å². The maximum Gasteiger partial charge on any atom is 0.255 e. The average molecular weight is 391 g/mol. The van der Waals surface area contributed by atoms with Crippen molar-refractivity contribution < 1.29 is 9.59 Å². The molecule has 0 aromatic heterocycles. The Balaban J connectivity index is 1.70. The number of carbonyl (C=O) groups excluding carboxylic acids is 2. The van der Waals surface area contributed by atoms with E-state index in [-0.39, 0.29) is 11.8 Å². The van der Waals surface area contributed by atoms with E-state index < -0.39 is 0 Å². The third kappa shape index (κ3) is 4.19. The first-order chi connectivity index (χ1) is 12.5. The first-order valence-corrected chi connectivity index (χ1v) is 9.31. The molecule has 6 heteroatoms. The quantitative estimate of drug-likeness (QED) is 0.766. The van der Waals surface area contributed by atoms with E-state index in [9.17, 15) is 9.59 Å². The standard InChI is InChI=1S/C20H20Cl2N2O2/c1-14-3-5-15(6-4-14)19(25)23-9-2-10-24(12-11-23)20(26)17-13-16(21)7-8-18(17)22/h3-8,13H,2,9-12H2,1H3. The van der Waals surface area contributed by atoms with Crippen LogP contribution in [0.4, 0.5) is 0 Å². The van der Waals surface area contributed by atoms with Gasteiger partial charge < -0.3 is 9.80 Å². The second kappa shape index (κ2) is 8.11. The summed E-state index contributed by atoms with van der Waals surface area (Å²) in [6.45, 7) is 4.17. The highest BCUT2D eigenvalue weighted by Gasteiger charge is 2.24. The van der Waals surface area contributed by atoms with Crippen molar-refractivity contribution in [2.24, 2.45) is 0 Å². The van der Waals surface area contributed by atoms with E-state index in [1.54, 1.807) is 28.0 Å². The Morgan fingerprint density at radius 3 is 2.12 bits per heavy atom. The van der Waals surface area contributed by atoms with Crippen LogP contribution in [-0.2, 0) is 0 Å². The van der Waals surface area contributed by atoms with Gasteiger partial charge in [-0.25, -0.2) is 0 Å². The van der Waals surface area contributed by atoms with Crippen molar-refractivity contribution in [1.82, 2.24) is 9.80 Å². The minimum absolute atomic E-state index is 0.0000805. The zero-order valence-electron chi connectivity index (χ0n) is 14.5. The van der Waals surface area contributed by atoms with Gasteiger partial charge in [-0.05, 0) is 43.7 Å². The first-order valence-electron chi connectivity index (χ1n) is 8.56. The summed E-state index contributed by atoms with van der Waals surface area (Å²) in [5.41, 5.74) is 2.19. The molecule has 0 saturated carbocycles. The minimum atomic E-state index is -0.151. The predicted octanol–water partition coefficient (Wildman–Crippen LogP) is 4.29.